The summed E-state index contributed by atoms with van der Waals surface area (Å²) in [6, 6.07) is 73.2. The van der Waals surface area contributed by atoms with Crippen molar-refractivity contribution in [2.45, 2.75) is 173 Å². The van der Waals surface area contributed by atoms with Crippen molar-refractivity contribution in [3.05, 3.63) is 368 Å². The van der Waals surface area contributed by atoms with Gasteiger partial charge in [-0.3, -0.25) is 0 Å². The number of fused-ring (bicyclic) bond motifs is 14. The SMILES string of the molecule is CN1C(=CC=C2CCCC(C=CC3=[N+](C)c4ccc5ccccc5c4C3(C)C)=C2C(C2=C(C=CC3=[N+](C)c4ccccc4C3(C)C)CCCC2=CC=C2N(C)c3ccc4ccccc4c3C2(C)C)C2=C(C=CC3=[N+](C)c4ccc5ccccc5c4C3(C)C)CCCC2=CC=C2N(C)c3ccc4ccccc4c3C2(C)C)C(C)(C)c2ccccc21. The van der Waals surface area contributed by atoms with Crippen molar-refractivity contribution in [2.24, 2.45) is 5.92 Å². The fourth-order valence-electron chi connectivity index (χ4n) is 23.9. The van der Waals surface area contributed by atoms with Gasteiger partial charge in [-0.25, -0.2) is 0 Å². The van der Waals surface area contributed by atoms with Crippen LogP contribution in [0.15, 0.2) is 334 Å². The molecule has 0 saturated carbocycles. The van der Waals surface area contributed by atoms with E-state index in [4.69, 9.17) is 0 Å². The minimum atomic E-state index is -0.311. The Labute approximate surface area is 707 Å². The van der Waals surface area contributed by atoms with Gasteiger partial charge in [0.15, 0.2) is 17.1 Å². The number of likely N-dealkylation sites (N-methyl/N-ethyl adjacent to an activating group) is 3. The van der Waals surface area contributed by atoms with Gasteiger partial charge in [0.05, 0.1) is 16.2 Å². The second-order valence-electron chi connectivity index (χ2n) is 38.6. The number of nitrogens with zero attached hydrogens (tertiary/aromatic N) is 6. The van der Waals surface area contributed by atoms with Crippen molar-refractivity contribution in [2.75, 3.05) is 57.0 Å². The first-order valence-corrected chi connectivity index (χ1v) is 43.9. The van der Waals surface area contributed by atoms with Crippen LogP contribution in [0.1, 0.15) is 174 Å². The summed E-state index contributed by atoms with van der Waals surface area (Å²) in [6.07, 6.45) is 39.9. The smallest absolute Gasteiger partial charge is 0.210 e. The highest BCUT2D eigenvalue weighted by atomic mass is 15.2. The largest absolute Gasteiger partial charge is 0.347 e. The number of anilines is 3. The zero-order valence-corrected chi connectivity index (χ0v) is 73.5. The average molecular weight is 1560 g/mol. The molecule has 596 valence electrons. The van der Waals surface area contributed by atoms with Gasteiger partial charge in [-0.15, -0.1) is 0 Å². The zero-order valence-electron chi connectivity index (χ0n) is 73.5. The molecule has 6 heteroatoms. The summed E-state index contributed by atoms with van der Waals surface area (Å²) in [5.41, 5.74) is 34.9. The Kier molecular flexibility index (Phi) is 18.6. The van der Waals surface area contributed by atoms with Gasteiger partial charge in [-0.2, -0.15) is 13.7 Å². The number of hydrogen-bond donors (Lipinski definition) is 0. The molecule has 0 N–H and O–H groups in total. The molecule has 0 radical (unpaired) electrons. The number of allylic oxidation sites excluding steroid dienone is 24. The lowest BCUT2D eigenvalue weighted by atomic mass is 9.64. The molecule has 1 atom stereocenters. The fourth-order valence-corrected chi connectivity index (χ4v) is 23.9. The van der Waals surface area contributed by atoms with Gasteiger partial charge in [0.1, 0.15) is 21.1 Å². The summed E-state index contributed by atoms with van der Waals surface area (Å²) in [5, 5.41) is 10.4. The molecule has 0 spiro atoms. The van der Waals surface area contributed by atoms with E-state index < -0.39 is 0 Å². The molecular formula is C113H117N6+3. The van der Waals surface area contributed by atoms with E-state index in [1.54, 1.807) is 0 Å². The molecule has 0 bridgehead atoms. The molecule has 6 aliphatic heterocycles. The standard InChI is InChI=1S/C113H117N6/c1-108(2)86-48-27-29-50-88(86)114(13)94(108)66-56-76-38-31-40-78(58-68-96-110(5,6)104-82-44-23-19-34-72(82)52-62-90(104)116(96)15)100(76)103(101-77(57-67-95-109(3,4)87-49-28-30-51-89(87)115(95)14)39-32-41-79(101)59-69-97-111(7,8)105-83-45-24-20-35-73(83)53-63-91(105)117(97)16)102-80(60-70-98-112(9,10)106-84-46-25-21-36-74(84)54-64-92(106)118(98)17)42-33-43-81(102)61-71-99-113(11,12)107-85-47-26-22-37-75(85)55-65-93(107)119(99)18/h19-30,34-37,44-71,103H,31-33,38-43H2,1-18H3/q+3. The third kappa shape index (κ3) is 12.1. The minimum absolute atomic E-state index is 0.247. The Morgan fingerprint density at radius 1 is 0.277 bits per heavy atom. The van der Waals surface area contributed by atoms with Gasteiger partial charge >= 0.3 is 0 Å². The maximum absolute atomic E-state index is 2.65. The minimum Gasteiger partial charge on any atom is -0.347 e. The van der Waals surface area contributed by atoms with Crippen LogP contribution in [0, 0.1) is 5.92 Å². The number of benzene rings is 10. The first-order valence-electron chi connectivity index (χ1n) is 43.9. The van der Waals surface area contributed by atoms with Crippen LogP contribution in [-0.2, 0) is 32.5 Å². The quantitative estimate of drug-likeness (QED) is 0.114. The molecule has 6 nitrogen and oxygen atoms in total. The van der Waals surface area contributed by atoms with Crippen molar-refractivity contribution >= 4 is 94.3 Å². The molecular weight excluding hydrogens is 1440 g/mol. The molecule has 119 heavy (non-hydrogen) atoms. The summed E-state index contributed by atoms with van der Waals surface area (Å²) >= 11 is 0. The van der Waals surface area contributed by atoms with Crippen LogP contribution in [0.5, 0.6) is 0 Å². The number of para-hydroxylation sites is 2. The van der Waals surface area contributed by atoms with Gasteiger partial charge < -0.3 is 14.7 Å². The molecule has 0 amide bonds. The Morgan fingerprint density at radius 2 is 0.597 bits per heavy atom. The molecule has 3 aliphatic carbocycles. The maximum Gasteiger partial charge on any atom is 0.210 e. The number of rotatable bonds is 12. The second kappa shape index (κ2) is 28.6. The number of hydrogen-bond acceptors (Lipinski definition) is 3. The third-order valence-corrected chi connectivity index (χ3v) is 29.7. The van der Waals surface area contributed by atoms with Crippen LogP contribution in [0.3, 0.4) is 0 Å². The molecule has 10 aromatic carbocycles. The predicted octanol–water partition coefficient (Wildman–Crippen LogP) is 27.2. The van der Waals surface area contributed by atoms with Crippen molar-refractivity contribution in [3.63, 3.8) is 0 Å². The second-order valence-corrected chi connectivity index (χ2v) is 38.6. The highest BCUT2D eigenvalue weighted by Gasteiger charge is 2.50. The molecule has 1 unspecified atom stereocenters. The molecule has 6 heterocycles. The van der Waals surface area contributed by atoms with Crippen molar-refractivity contribution in [3.8, 4) is 0 Å². The zero-order chi connectivity index (χ0) is 82.7. The molecule has 0 aromatic heterocycles. The van der Waals surface area contributed by atoms with Crippen LogP contribution < -0.4 is 14.7 Å². The van der Waals surface area contributed by atoms with Crippen LogP contribution in [0.2, 0.25) is 0 Å². The normalized spacial score (nSPS) is 22.5. The maximum atomic E-state index is 2.65. The molecule has 0 fully saturated rings. The lowest BCUT2D eigenvalue weighted by Gasteiger charge is -2.39. The van der Waals surface area contributed by atoms with Crippen molar-refractivity contribution < 1.29 is 13.7 Å². The van der Waals surface area contributed by atoms with E-state index in [0.717, 1.165) is 57.8 Å². The molecule has 19 rings (SSSR count). The van der Waals surface area contributed by atoms with Gasteiger partial charge in [0.25, 0.3) is 0 Å². The Bertz CT molecular complexity index is 6580. The summed E-state index contributed by atoms with van der Waals surface area (Å²) < 4.78 is 7.51. The highest BCUT2D eigenvalue weighted by Crippen LogP contribution is 2.58. The fraction of sp³-hybridized carbons (Fsp3) is 0.301. The summed E-state index contributed by atoms with van der Waals surface area (Å²) in [7, 11) is 13.9. The Hall–Kier alpha value is -11.5. The Balaban J connectivity index is 0.932. The summed E-state index contributed by atoms with van der Waals surface area (Å²) in [6.45, 7) is 29.5. The summed E-state index contributed by atoms with van der Waals surface area (Å²) in [4.78, 5) is 7.51. The van der Waals surface area contributed by atoms with E-state index in [-0.39, 0.29) is 38.4 Å². The predicted molar refractivity (Wildman–Crippen MR) is 507 cm³/mol. The molecule has 10 aromatic rings. The highest BCUT2D eigenvalue weighted by molar-refractivity contribution is 6.10. The van der Waals surface area contributed by atoms with Crippen LogP contribution in [0.4, 0.5) is 34.1 Å². The van der Waals surface area contributed by atoms with E-state index in [1.165, 1.54) is 195 Å². The van der Waals surface area contributed by atoms with E-state index >= 15 is 0 Å². The third-order valence-electron chi connectivity index (χ3n) is 29.7. The first kappa shape index (κ1) is 77.4. The van der Waals surface area contributed by atoms with E-state index in [2.05, 4.69) is 421 Å². The molecule has 0 saturated heterocycles. The Morgan fingerprint density at radius 3 is 0.992 bits per heavy atom. The monoisotopic (exact) mass is 1560 g/mol. The van der Waals surface area contributed by atoms with Gasteiger partial charge in [-0.1, -0.05) is 224 Å². The molecule has 9 aliphatic rings. The average Bonchev–Trinajstić information content (AvgIpc) is 1.44. The van der Waals surface area contributed by atoms with Gasteiger partial charge in [-0.05, 0) is 258 Å². The van der Waals surface area contributed by atoms with E-state index in [9.17, 15) is 0 Å². The van der Waals surface area contributed by atoms with Crippen LogP contribution in [0.25, 0.3) is 43.1 Å². The lowest BCUT2D eigenvalue weighted by molar-refractivity contribution is -0.401. The van der Waals surface area contributed by atoms with Crippen molar-refractivity contribution in [1.29, 1.82) is 0 Å². The van der Waals surface area contributed by atoms with Crippen LogP contribution in [-0.4, -0.2) is 73.1 Å². The van der Waals surface area contributed by atoms with Crippen molar-refractivity contribution in [1.82, 2.24) is 0 Å². The summed E-state index contributed by atoms with van der Waals surface area (Å²) in [5.74, 6) is -0.247. The van der Waals surface area contributed by atoms with E-state index in [0.29, 0.717) is 0 Å². The topological polar surface area (TPSA) is 18.8 Å². The van der Waals surface area contributed by atoms with E-state index in [1.807, 2.05) is 0 Å². The first-order chi connectivity index (χ1) is 57.1. The van der Waals surface area contributed by atoms with Gasteiger partial charge in [0.2, 0.25) is 17.1 Å². The van der Waals surface area contributed by atoms with Gasteiger partial charge in [0, 0.05) is 131 Å². The van der Waals surface area contributed by atoms with Crippen LogP contribution >= 0.6 is 0 Å². The lowest BCUT2D eigenvalue weighted by Crippen LogP contribution is -2.28.